The normalized spacial score (nSPS) is 12.8. The fourth-order valence-electron chi connectivity index (χ4n) is 5.31. The van der Waals surface area contributed by atoms with Crippen LogP contribution in [0, 0.1) is 6.92 Å². The van der Waals surface area contributed by atoms with E-state index in [1.807, 2.05) is 37.3 Å². The molecule has 0 atom stereocenters. The summed E-state index contributed by atoms with van der Waals surface area (Å²) in [6, 6.07) is 23.7. The van der Waals surface area contributed by atoms with Crippen LogP contribution in [0.1, 0.15) is 27.8 Å². The van der Waals surface area contributed by atoms with Crippen LogP contribution in [-0.4, -0.2) is 27.2 Å². The van der Waals surface area contributed by atoms with Gasteiger partial charge in [0.15, 0.2) is 23.0 Å². The van der Waals surface area contributed by atoms with E-state index >= 15 is 0 Å². The number of rotatable bonds is 8. The molecule has 37 heavy (non-hydrogen) atoms. The summed E-state index contributed by atoms with van der Waals surface area (Å²) in [5.74, 6) is 1.46. The highest BCUT2D eigenvalue weighted by atomic mass is 79.9. The van der Waals surface area contributed by atoms with Crippen LogP contribution < -0.4 is 18.9 Å². The molecular formula is C30H23BrO6. The minimum atomic E-state index is -0.846. The van der Waals surface area contributed by atoms with Crippen molar-refractivity contribution in [2.75, 3.05) is 14.2 Å². The number of methoxy groups -OCH3 is 2. The summed E-state index contributed by atoms with van der Waals surface area (Å²) in [4.78, 5) is 22.7. The van der Waals surface area contributed by atoms with Gasteiger partial charge in [-0.2, -0.15) is 0 Å². The average molecular weight is 559 g/mol. The molecular weight excluding hydrogens is 536 g/mol. The van der Waals surface area contributed by atoms with Gasteiger partial charge in [-0.05, 0) is 76.7 Å². The zero-order valence-electron chi connectivity index (χ0n) is 20.4. The number of benzene rings is 4. The summed E-state index contributed by atoms with van der Waals surface area (Å²) in [5, 5.41) is 0. The first kappa shape index (κ1) is 24.6. The summed E-state index contributed by atoms with van der Waals surface area (Å²) in [6.07, 6.45) is 0. The van der Waals surface area contributed by atoms with Crippen LogP contribution in [-0.2, 0) is 15.0 Å². The first-order valence-corrected chi connectivity index (χ1v) is 12.3. The molecule has 4 aromatic rings. The second kappa shape index (κ2) is 9.75. The molecule has 0 bridgehead atoms. The van der Waals surface area contributed by atoms with Crippen LogP contribution in [0.2, 0.25) is 0 Å². The molecule has 0 N–H and O–H groups in total. The molecule has 0 aromatic heterocycles. The molecule has 7 heteroatoms. The van der Waals surface area contributed by atoms with Gasteiger partial charge < -0.3 is 18.9 Å². The fourth-order valence-corrected chi connectivity index (χ4v) is 5.67. The number of hydrogen-bond acceptors (Lipinski definition) is 6. The van der Waals surface area contributed by atoms with Gasteiger partial charge in [0.2, 0.25) is 0 Å². The highest BCUT2D eigenvalue weighted by Crippen LogP contribution is 2.58. The number of aryl methyl sites for hydroxylation is 1. The van der Waals surface area contributed by atoms with Gasteiger partial charge in [-0.1, -0.05) is 57.9 Å². The molecule has 0 saturated carbocycles. The van der Waals surface area contributed by atoms with Crippen LogP contribution >= 0.6 is 15.9 Å². The van der Waals surface area contributed by atoms with Crippen molar-refractivity contribution in [1.82, 2.24) is 0 Å². The predicted octanol–water partition coefficient (Wildman–Crippen LogP) is 6.21. The highest BCUT2D eigenvalue weighted by molar-refractivity contribution is 9.10. The lowest BCUT2D eigenvalue weighted by Gasteiger charge is -2.34. The molecule has 5 rings (SSSR count). The summed E-state index contributed by atoms with van der Waals surface area (Å²) in [6.45, 7) is 2.82. The number of fused-ring (bicyclic) bond motifs is 3. The molecule has 0 saturated heterocycles. The van der Waals surface area contributed by atoms with Crippen molar-refractivity contribution in [3.05, 3.63) is 105 Å². The van der Waals surface area contributed by atoms with Crippen molar-refractivity contribution in [1.29, 1.82) is 0 Å². The summed E-state index contributed by atoms with van der Waals surface area (Å²) in [5.41, 5.74) is 6.15. The summed E-state index contributed by atoms with van der Waals surface area (Å²) >= 11 is 3.66. The SMILES string of the molecule is COc1ccc(C2(c3ccc(OC)c(OC=O)c3)c3cc(C)ccc3-c3ccc(Br)cc32)cc1OC=O. The molecule has 0 unspecified atom stereocenters. The minimum absolute atomic E-state index is 0.296. The Morgan fingerprint density at radius 3 is 1.68 bits per heavy atom. The van der Waals surface area contributed by atoms with E-state index in [-0.39, 0.29) is 0 Å². The van der Waals surface area contributed by atoms with Crippen LogP contribution in [0.4, 0.5) is 0 Å². The molecule has 1 aliphatic carbocycles. The zero-order valence-corrected chi connectivity index (χ0v) is 22.0. The number of ether oxygens (including phenoxy) is 4. The van der Waals surface area contributed by atoms with Crippen LogP contribution in [0.15, 0.2) is 77.3 Å². The van der Waals surface area contributed by atoms with Crippen LogP contribution in [0.25, 0.3) is 11.1 Å². The molecule has 4 aromatic carbocycles. The highest BCUT2D eigenvalue weighted by Gasteiger charge is 2.47. The lowest BCUT2D eigenvalue weighted by Crippen LogP contribution is -2.29. The van der Waals surface area contributed by atoms with E-state index in [2.05, 4.69) is 46.3 Å². The third-order valence-corrected chi connectivity index (χ3v) is 7.29. The molecule has 0 radical (unpaired) electrons. The van der Waals surface area contributed by atoms with Crippen molar-refractivity contribution in [2.45, 2.75) is 12.3 Å². The van der Waals surface area contributed by atoms with Gasteiger partial charge in [0.25, 0.3) is 12.9 Å². The van der Waals surface area contributed by atoms with Crippen LogP contribution in [0.5, 0.6) is 23.0 Å². The Morgan fingerprint density at radius 1 is 0.649 bits per heavy atom. The average Bonchev–Trinajstić information content (AvgIpc) is 3.18. The molecule has 0 heterocycles. The number of carbonyl (C=O) groups excluding carboxylic acids is 2. The Hall–Kier alpha value is -4.10. The lowest BCUT2D eigenvalue weighted by atomic mass is 9.67. The van der Waals surface area contributed by atoms with Crippen molar-refractivity contribution in [2.24, 2.45) is 0 Å². The monoisotopic (exact) mass is 558 g/mol. The smallest absolute Gasteiger partial charge is 0.298 e. The quantitative estimate of drug-likeness (QED) is 0.211. The zero-order chi connectivity index (χ0) is 26.2. The molecule has 0 aliphatic heterocycles. The molecule has 6 nitrogen and oxygen atoms in total. The maximum Gasteiger partial charge on any atom is 0.298 e. The van der Waals surface area contributed by atoms with Crippen molar-refractivity contribution >= 4 is 28.9 Å². The van der Waals surface area contributed by atoms with Crippen molar-refractivity contribution in [3.63, 3.8) is 0 Å². The molecule has 0 fully saturated rings. The van der Waals surface area contributed by atoms with E-state index in [1.54, 1.807) is 12.1 Å². The Kier molecular flexibility index (Phi) is 6.48. The maximum absolute atomic E-state index is 11.4. The minimum Gasteiger partial charge on any atom is -0.493 e. The first-order chi connectivity index (χ1) is 18.0. The van der Waals surface area contributed by atoms with E-state index in [0.717, 1.165) is 43.4 Å². The third-order valence-electron chi connectivity index (χ3n) is 6.80. The van der Waals surface area contributed by atoms with E-state index in [1.165, 1.54) is 14.2 Å². The number of halogens is 1. The molecule has 0 amide bonds. The largest absolute Gasteiger partial charge is 0.493 e. The first-order valence-electron chi connectivity index (χ1n) is 11.5. The van der Waals surface area contributed by atoms with Crippen molar-refractivity contribution in [3.8, 4) is 34.1 Å². The molecule has 1 aliphatic rings. The number of hydrogen-bond donors (Lipinski definition) is 0. The molecule has 186 valence electrons. The van der Waals surface area contributed by atoms with Gasteiger partial charge in [0, 0.05) is 4.47 Å². The third kappa shape index (κ3) is 3.86. The van der Waals surface area contributed by atoms with Crippen LogP contribution in [0.3, 0.4) is 0 Å². The van der Waals surface area contributed by atoms with E-state index in [4.69, 9.17) is 18.9 Å². The van der Waals surface area contributed by atoms with Gasteiger partial charge in [-0.15, -0.1) is 0 Å². The van der Waals surface area contributed by atoms with E-state index < -0.39 is 5.41 Å². The predicted molar refractivity (Wildman–Crippen MR) is 143 cm³/mol. The topological polar surface area (TPSA) is 71.1 Å². The Bertz CT molecular complexity index is 1410. The van der Waals surface area contributed by atoms with Crippen molar-refractivity contribution < 1.29 is 28.5 Å². The second-order valence-corrected chi connectivity index (χ2v) is 9.56. The number of carbonyl (C=O) groups is 2. The standard InChI is InChI=1S/C30H23BrO6/c1-18-4-8-22-23-9-7-21(31)15-25(23)30(24(22)12-18,19-5-10-26(34-2)28(13-19)36-16-32)20-6-11-27(35-3)29(14-20)37-17-33/h4-17H,1-3H3. The van der Waals surface area contributed by atoms with Gasteiger partial charge >= 0.3 is 0 Å². The Labute approximate surface area is 222 Å². The van der Waals surface area contributed by atoms with Gasteiger partial charge in [-0.25, -0.2) is 0 Å². The van der Waals surface area contributed by atoms with E-state index in [9.17, 15) is 9.59 Å². The van der Waals surface area contributed by atoms with Gasteiger partial charge in [-0.3, -0.25) is 9.59 Å². The lowest BCUT2D eigenvalue weighted by molar-refractivity contribution is -0.121. The Balaban J connectivity index is 1.95. The van der Waals surface area contributed by atoms with Gasteiger partial charge in [0.05, 0.1) is 19.6 Å². The summed E-state index contributed by atoms with van der Waals surface area (Å²) in [7, 11) is 3.05. The second-order valence-electron chi connectivity index (χ2n) is 8.65. The molecule has 0 spiro atoms. The van der Waals surface area contributed by atoms with Gasteiger partial charge in [0.1, 0.15) is 0 Å². The maximum atomic E-state index is 11.4. The Morgan fingerprint density at radius 2 is 1.16 bits per heavy atom. The summed E-state index contributed by atoms with van der Waals surface area (Å²) < 4.78 is 22.5. The van der Waals surface area contributed by atoms with E-state index in [0.29, 0.717) is 35.9 Å². The fraction of sp³-hybridized carbons (Fsp3) is 0.133.